The molecule has 0 unspecified atom stereocenters. The summed E-state index contributed by atoms with van der Waals surface area (Å²) in [4.78, 5) is 21.8. The molecule has 0 aromatic heterocycles. The Morgan fingerprint density at radius 2 is 1.78 bits per heavy atom. The van der Waals surface area contributed by atoms with Crippen molar-refractivity contribution in [2.75, 3.05) is 7.11 Å². The van der Waals surface area contributed by atoms with Crippen molar-refractivity contribution in [3.8, 4) is 5.75 Å². The topological polar surface area (TPSA) is 78.7 Å². The third kappa shape index (κ3) is 5.10. The Balaban J connectivity index is 0.00000127. The largest absolute Gasteiger partial charge is 0.489 e. The zero-order valence-corrected chi connectivity index (χ0v) is 13.3. The van der Waals surface area contributed by atoms with Gasteiger partial charge in [0.15, 0.2) is 0 Å². The number of methoxy groups -OCH3 is 1. The highest BCUT2D eigenvalue weighted by Crippen LogP contribution is 2.25. The van der Waals surface area contributed by atoms with E-state index < -0.39 is 10.9 Å². The van der Waals surface area contributed by atoms with Crippen LogP contribution in [-0.2, 0) is 11.3 Å². The van der Waals surface area contributed by atoms with E-state index in [4.69, 9.17) is 4.74 Å². The van der Waals surface area contributed by atoms with Gasteiger partial charge in [-0.3, -0.25) is 10.1 Å². The number of hydrogen-bond acceptors (Lipinski definition) is 5. The molecule has 0 fully saturated rings. The van der Waals surface area contributed by atoms with Gasteiger partial charge in [0.2, 0.25) is 0 Å². The number of ether oxygens (including phenoxy) is 2. The molecule has 0 aliphatic heterocycles. The Labute approximate surface area is 134 Å². The highest BCUT2D eigenvalue weighted by Gasteiger charge is 2.21. The Kier molecular flexibility index (Phi) is 7.26. The normalized spacial score (nSPS) is 9.35. The number of benzene rings is 2. The van der Waals surface area contributed by atoms with Crippen LogP contribution in [0, 0.1) is 10.1 Å². The van der Waals surface area contributed by atoms with Gasteiger partial charge in [-0.2, -0.15) is 0 Å². The van der Waals surface area contributed by atoms with Crippen LogP contribution in [0.5, 0.6) is 5.75 Å². The summed E-state index contributed by atoms with van der Waals surface area (Å²) in [7, 11) is 1.17. The van der Waals surface area contributed by atoms with Crippen molar-refractivity contribution < 1.29 is 19.2 Å². The minimum absolute atomic E-state index is 0.131. The van der Waals surface area contributed by atoms with Gasteiger partial charge in [-0.1, -0.05) is 44.2 Å². The maximum absolute atomic E-state index is 11.6. The molecule has 0 amide bonds. The first-order valence-electron chi connectivity index (χ1n) is 7.15. The fourth-order valence-electron chi connectivity index (χ4n) is 1.78. The van der Waals surface area contributed by atoms with Crippen molar-refractivity contribution >= 4 is 11.7 Å². The number of esters is 1. The van der Waals surface area contributed by atoms with Gasteiger partial charge in [0.25, 0.3) is 5.69 Å². The molecule has 0 aliphatic rings. The van der Waals surface area contributed by atoms with Gasteiger partial charge < -0.3 is 9.47 Å². The van der Waals surface area contributed by atoms with Gasteiger partial charge in [-0.05, 0) is 11.6 Å². The molecule has 0 spiro atoms. The fourth-order valence-corrected chi connectivity index (χ4v) is 1.78. The molecule has 2 aromatic carbocycles. The average Bonchev–Trinajstić information content (AvgIpc) is 2.61. The van der Waals surface area contributed by atoms with Crippen molar-refractivity contribution in [1.82, 2.24) is 0 Å². The molecule has 6 heteroatoms. The summed E-state index contributed by atoms with van der Waals surface area (Å²) in [5.41, 5.74) is 0.512. The zero-order chi connectivity index (χ0) is 17.2. The van der Waals surface area contributed by atoms with Crippen LogP contribution in [0.2, 0.25) is 0 Å². The minimum Gasteiger partial charge on any atom is -0.489 e. The van der Waals surface area contributed by atoms with Crippen LogP contribution in [0.4, 0.5) is 5.69 Å². The van der Waals surface area contributed by atoms with Gasteiger partial charge in [0.1, 0.15) is 17.9 Å². The van der Waals surface area contributed by atoms with Gasteiger partial charge in [0, 0.05) is 12.1 Å². The standard InChI is InChI=1S/C15H13NO5.C2H6/c1-20-15(17)13-9-12(7-8-14(13)16(18)19)21-10-11-5-3-2-4-6-11;1-2/h2-9H,10H2,1H3;1-2H3. The summed E-state index contributed by atoms with van der Waals surface area (Å²) >= 11 is 0. The lowest BCUT2D eigenvalue weighted by molar-refractivity contribution is -0.385. The van der Waals surface area contributed by atoms with Gasteiger partial charge in [0.05, 0.1) is 12.0 Å². The van der Waals surface area contributed by atoms with Crippen molar-refractivity contribution in [3.05, 3.63) is 69.8 Å². The molecule has 0 bridgehead atoms. The number of carbonyl (C=O) groups is 1. The fraction of sp³-hybridized carbons (Fsp3) is 0.235. The van der Waals surface area contributed by atoms with Gasteiger partial charge in [-0.25, -0.2) is 4.79 Å². The Morgan fingerprint density at radius 3 is 2.35 bits per heavy atom. The smallest absolute Gasteiger partial charge is 0.345 e. The van der Waals surface area contributed by atoms with Crippen LogP contribution in [0.1, 0.15) is 29.8 Å². The third-order valence-electron chi connectivity index (χ3n) is 2.82. The van der Waals surface area contributed by atoms with Crippen LogP contribution >= 0.6 is 0 Å². The molecule has 0 atom stereocenters. The van der Waals surface area contributed by atoms with E-state index in [1.807, 2.05) is 44.2 Å². The first-order valence-corrected chi connectivity index (χ1v) is 7.15. The lowest BCUT2D eigenvalue weighted by Gasteiger charge is -2.08. The molecule has 0 heterocycles. The molecule has 0 N–H and O–H groups in total. The van der Waals surface area contributed by atoms with E-state index in [1.54, 1.807) is 0 Å². The lowest BCUT2D eigenvalue weighted by atomic mass is 10.1. The number of carbonyl (C=O) groups excluding carboxylic acids is 1. The van der Waals surface area contributed by atoms with Crippen molar-refractivity contribution in [3.63, 3.8) is 0 Å². The second kappa shape index (κ2) is 9.19. The molecule has 6 nitrogen and oxygen atoms in total. The van der Waals surface area contributed by atoms with Crippen LogP contribution in [0.3, 0.4) is 0 Å². The molecular weight excluding hydrogens is 298 g/mol. The van der Waals surface area contributed by atoms with E-state index in [-0.39, 0.29) is 11.3 Å². The number of nitro groups is 1. The van der Waals surface area contributed by atoms with Crippen molar-refractivity contribution in [1.29, 1.82) is 0 Å². The highest BCUT2D eigenvalue weighted by atomic mass is 16.6. The summed E-state index contributed by atoms with van der Waals surface area (Å²) in [5, 5.41) is 10.9. The second-order valence-corrected chi connectivity index (χ2v) is 4.20. The molecule has 2 rings (SSSR count). The zero-order valence-electron chi connectivity index (χ0n) is 13.3. The number of hydrogen-bond donors (Lipinski definition) is 0. The van der Waals surface area contributed by atoms with E-state index in [2.05, 4.69) is 4.74 Å². The van der Waals surface area contributed by atoms with Crippen LogP contribution in [0.15, 0.2) is 48.5 Å². The molecule has 23 heavy (non-hydrogen) atoms. The SMILES string of the molecule is CC.COC(=O)c1cc(OCc2ccccc2)ccc1[N+](=O)[O-]. The third-order valence-corrected chi connectivity index (χ3v) is 2.82. The summed E-state index contributed by atoms with van der Waals surface area (Å²) < 4.78 is 10.1. The summed E-state index contributed by atoms with van der Waals surface area (Å²) in [6, 6.07) is 13.4. The monoisotopic (exact) mass is 317 g/mol. The first kappa shape index (κ1) is 18.2. The second-order valence-electron chi connectivity index (χ2n) is 4.20. The van der Waals surface area contributed by atoms with Crippen LogP contribution < -0.4 is 4.74 Å². The van der Waals surface area contributed by atoms with Gasteiger partial charge in [-0.15, -0.1) is 0 Å². The molecule has 0 aliphatic carbocycles. The highest BCUT2D eigenvalue weighted by molar-refractivity contribution is 5.94. The molecule has 2 aromatic rings. The maximum atomic E-state index is 11.6. The average molecular weight is 317 g/mol. The van der Waals surface area contributed by atoms with E-state index in [1.165, 1.54) is 25.3 Å². The summed E-state index contributed by atoms with van der Waals surface area (Å²) in [6.45, 7) is 4.30. The number of rotatable bonds is 5. The lowest BCUT2D eigenvalue weighted by Crippen LogP contribution is -2.06. The van der Waals surface area contributed by atoms with Gasteiger partial charge >= 0.3 is 5.97 Å². The molecule has 0 radical (unpaired) electrons. The molecule has 0 saturated heterocycles. The van der Waals surface area contributed by atoms with Crippen LogP contribution in [0.25, 0.3) is 0 Å². The molecule has 122 valence electrons. The van der Waals surface area contributed by atoms with E-state index in [0.29, 0.717) is 12.4 Å². The van der Waals surface area contributed by atoms with E-state index in [9.17, 15) is 14.9 Å². The number of nitrogens with zero attached hydrogens (tertiary/aromatic N) is 1. The maximum Gasteiger partial charge on any atom is 0.345 e. The predicted octanol–water partition coefficient (Wildman–Crippen LogP) is 3.99. The van der Waals surface area contributed by atoms with Crippen LogP contribution in [-0.4, -0.2) is 18.0 Å². The summed E-state index contributed by atoms with van der Waals surface area (Å²) in [5.74, 6) is -0.406. The predicted molar refractivity (Wildman–Crippen MR) is 86.6 cm³/mol. The Bertz CT molecular complexity index is 655. The van der Waals surface area contributed by atoms with Crippen molar-refractivity contribution in [2.45, 2.75) is 20.5 Å². The molecule has 0 saturated carbocycles. The van der Waals surface area contributed by atoms with Crippen molar-refractivity contribution in [2.24, 2.45) is 0 Å². The molecular formula is C17H19NO5. The number of nitro benzene ring substituents is 1. The first-order chi connectivity index (χ1) is 11.1. The quantitative estimate of drug-likeness (QED) is 0.473. The summed E-state index contributed by atoms with van der Waals surface area (Å²) in [6.07, 6.45) is 0. The Morgan fingerprint density at radius 1 is 1.13 bits per heavy atom. The minimum atomic E-state index is -0.771. The van der Waals surface area contributed by atoms with E-state index in [0.717, 1.165) is 5.56 Å². The Hall–Kier alpha value is -2.89. The van der Waals surface area contributed by atoms with E-state index >= 15 is 0 Å².